The number of para-hydroxylation sites is 2. The van der Waals surface area contributed by atoms with E-state index in [1.54, 1.807) is 30.1 Å². The highest BCUT2D eigenvalue weighted by atomic mass is 16.6. The molecular formula is C19H16N4O3. The van der Waals surface area contributed by atoms with Gasteiger partial charge in [0, 0.05) is 0 Å². The first-order valence-electron chi connectivity index (χ1n) is 8.14. The summed E-state index contributed by atoms with van der Waals surface area (Å²) in [6.07, 6.45) is 2.48. The number of aryl methyl sites for hydroxylation is 1. The van der Waals surface area contributed by atoms with Crippen LogP contribution in [-0.4, -0.2) is 25.7 Å². The van der Waals surface area contributed by atoms with E-state index < -0.39 is 12.1 Å². The molecule has 0 N–H and O–H groups in total. The lowest BCUT2D eigenvalue weighted by molar-refractivity contribution is 0.0282. The topological polar surface area (TPSA) is 83.0 Å². The third-order valence-electron chi connectivity index (χ3n) is 4.04. The van der Waals surface area contributed by atoms with Crippen LogP contribution in [0.25, 0.3) is 16.8 Å². The zero-order chi connectivity index (χ0) is 18.1. The molecule has 0 aliphatic rings. The van der Waals surface area contributed by atoms with Crippen LogP contribution < -0.4 is 0 Å². The zero-order valence-corrected chi connectivity index (χ0v) is 14.3. The van der Waals surface area contributed by atoms with Crippen molar-refractivity contribution < 1.29 is 13.9 Å². The van der Waals surface area contributed by atoms with Gasteiger partial charge in [-0.2, -0.15) is 5.10 Å². The molecule has 2 aromatic heterocycles. The minimum atomic E-state index is -0.592. The Labute approximate surface area is 149 Å². The van der Waals surface area contributed by atoms with Crippen LogP contribution in [0.5, 0.6) is 0 Å². The van der Waals surface area contributed by atoms with Crippen molar-refractivity contribution in [2.24, 2.45) is 0 Å². The van der Waals surface area contributed by atoms with Crippen LogP contribution in [-0.2, 0) is 4.74 Å². The number of carbonyl (C=O) groups excluding carboxylic acids is 1. The normalized spacial score (nSPS) is 12.2. The molecule has 7 nitrogen and oxygen atoms in total. The number of hydrogen-bond donors (Lipinski definition) is 0. The summed E-state index contributed by atoms with van der Waals surface area (Å²) in [5.41, 5.74) is 3.59. The molecular weight excluding hydrogens is 332 g/mol. The Balaban J connectivity index is 1.53. The van der Waals surface area contributed by atoms with Gasteiger partial charge in [0.1, 0.15) is 18.2 Å². The van der Waals surface area contributed by atoms with Crippen LogP contribution in [0, 0.1) is 6.92 Å². The van der Waals surface area contributed by atoms with Gasteiger partial charge in [-0.05, 0) is 49.7 Å². The van der Waals surface area contributed by atoms with E-state index in [9.17, 15) is 4.79 Å². The van der Waals surface area contributed by atoms with Gasteiger partial charge in [-0.25, -0.2) is 19.4 Å². The Morgan fingerprint density at radius 2 is 2.08 bits per heavy atom. The molecule has 26 heavy (non-hydrogen) atoms. The molecule has 0 saturated carbocycles. The zero-order valence-electron chi connectivity index (χ0n) is 14.3. The lowest BCUT2D eigenvalue weighted by atomic mass is 10.1. The van der Waals surface area contributed by atoms with Gasteiger partial charge >= 0.3 is 5.97 Å². The predicted octanol–water partition coefficient (Wildman–Crippen LogP) is 3.63. The summed E-state index contributed by atoms with van der Waals surface area (Å²) in [5, 5.41) is 4.10. The quantitative estimate of drug-likeness (QED) is 0.524. The van der Waals surface area contributed by atoms with E-state index in [4.69, 9.17) is 9.15 Å². The number of ether oxygens (including phenoxy) is 1. The van der Waals surface area contributed by atoms with Crippen LogP contribution in [0.3, 0.4) is 0 Å². The summed E-state index contributed by atoms with van der Waals surface area (Å²) in [7, 11) is 0. The maximum Gasteiger partial charge on any atom is 0.338 e. The van der Waals surface area contributed by atoms with Crippen LogP contribution in [0.2, 0.25) is 0 Å². The summed E-state index contributed by atoms with van der Waals surface area (Å²) in [4.78, 5) is 20.8. The molecule has 1 unspecified atom stereocenters. The van der Waals surface area contributed by atoms with Gasteiger partial charge in [0.15, 0.2) is 11.7 Å². The van der Waals surface area contributed by atoms with Crippen molar-refractivity contribution in [2.75, 3.05) is 0 Å². The monoisotopic (exact) mass is 348 g/mol. The molecule has 130 valence electrons. The molecule has 7 heteroatoms. The van der Waals surface area contributed by atoms with E-state index in [2.05, 4.69) is 15.1 Å². The maximum absolute atomic E-state index is 12.5. The van der Waals surface area contributed by atoms with Gasteiger partial charge < -0.3 is 9.15 Å². The Morgan fingerprint density at radius 1 is 1.23 bits per heavy atom. The molecule has 0 amide bonds. The lowest BCUT2D eigenvalue weighted by Crippen LogP contribution is -2.10. The average Bonchev–Trinajstić information content (AvgIpc) is 3.31. The highest BCUT2D eigenvalue weighted by molar-refractivity contribution is 5.90. The van der Waals surface area contributed by atoms with Crippen molar-refractivity contribution in [1.29, 1.82) is 0 Å². The Morgan fingerprint density at radius 3 is 2.81 bits per heavy atom. The molecule has 4 aromatic rings. The summed E-state index contributed by atoms with van der Waals surface area (Å²) in [5.74, 6) is -0.0662. The number of oxazole rings is 1. The van der Waals surface area contributed by atoms with Gasteiger partial charge in [-0.1, -0.05) is 12.1 Å². The summed E-state index contributed by atoms with van der Waals surface area (Å²) in [6, 6.07) is 12.7. The van der Waals surface area contributed by atoms with Crippen molar-refractivity contribution in [3.63, 3.8) is 0 Å². The number of nitrogens with zero attached hydrogens (tertiary/aromatic N) is 4. The second-order valence-electron chi connectivity index (χ2n) is 5.91. The van der Waals surface area contributed by atoms with E-state index >= 15 is 0 Å². The molecule has 4 rings (SSSR count). The number of benzene rings is 2. The highest BCUT2D eigenvalue weighted by Gasteiger charge is 2.19. The fourth-order valence-electron chi connectivity index (χ4n) is 2.72. The van der Waals surface area contributed by atoms with E-state index in [1.165, 1.54) is 6.33 Å². The molecule has 0 radical (unpaired) electrons. The third-order valence-corrected chi connectivity index (χ3v) is 4.04. The number of carbonyl (C=O) groups is 1. The van der Waals surface area contributed by atoms with E-state index in [0.717, 1.165) is 16.8 Å². The van der Waals surface area contributed by atoms with Crippen molar-refractivity contribution >= 4 is 17.1 Å². The Hall–Kier alpha value is -3.48. The third kappa shape index (κ3) is 2.95. The van der Waals surface area contributed by atoms with Gasteiger partial charge in [-0.3, -0.25) is 0 Å². The molecule has 0 saturated heterocycles. The van der Waals surface area contributed by atoms with Gasteiger partial charge in [0.05, 0.1) is 11.3 Å². The van der Waals surface area contributed by atoms with E-state index in [-0.39, 0.29) is 0 Å². The summed E-state index contributed by atoms with van der Waals surface area (Å²) >= 11 is 0. The molecule has 1 atom stereocenters. The Kier molecular flexibility index (Phi) is 3.96. The first kappa shape index (κ1) is 16.0. The second kappa shape index (κ2) is 6.44. The van der Waals surface area contributed by atoms with Crippen LogP contribution in [0.4, 0.5) is 0 Å². The summed E-state index contributed by atoms with van der Waals surface area (Å²) < 4.78 is 12.8. The fraction of sp³-hybridized carbons (Fsp3) is 0.158. The van der Waals surface area contributed by atoms with Crippen molar-refractivity contribution in [1.82, 2.24) is 19.7 Å². The lowest BCUT2D eigenvalue weighted by Gasteiger charge is -2.11. The molecule has 2 heterocycles. The number of rotatable bonds is 4. The second-order valence-corrected chi connectivity index (χ2v) is 5.91. The van der Waals surface area contributed by atoms with E-state index in [1.807, 2.05) is 37.3 Å². The van der Waals surface area contributed by atoms with Gasteiger partial charge in [0.25, 0.3) is 0 Å². The molecule has 0 aliphatic carbocycles. The van der Waals surface area contributed by atoms with Crippen LogP contribution in [0.1, 0.15) is 34.8 Å². The van der Waals surface area contributed by atoms with Crippen LogP contribution in [0.15, 0.2) is 59.5 Å². The SMILES string of the molecule is Cc1cc(C(=O)OC(C)c2nc3ccccc3o2)ccc1-n1cncn1. The Bertz CT molecular complexity index is 1040. The molecule has 0 spiro atoms. The number of fused-ring (bicyclic) bond motifs is 1. The number of esters is 1. The standard InChI is InChI=1S/C19H16N4O3/c1-12-9-14(7-8-16(12)23-11-20-10-21-23)19(24)25-13(2)18-22-15-5-3-4-6-17(15)26-18/h3-11,13H,1-2H3. The highest BCUT2D eigenvalue weighted by Crippen LogP contribution is 2.23. The smallest absolute Gasteiger partial charge is 0.338 e. The molecule has 2 aromatic carbocycles. The molecule has 0 fully saturated rings. The van der Waals surface area contributed by atoms with Crippen molar-refractivity contribution in [3.8, 4) is 5.69 Å². The van der Waals surface area contributed by atoms with E-state index in [0.29, 0.717) is 17.0 Å². The first-order valence-corrected chi connectivity index (χ1v) is 8.14. The average molecular weight is 348 g/mol. The number of hydrogen-bond acceptors (Lipinski definition) is 6. The predicted molar refractivity (Wildman–Crippen MR) is 93.9 cm³/mol. The van der Waals surface area contributed by atoms with Crippen LogP contribution >= 0.6 is 0 Å². The van der Waals surface area contributed by atoms with Crippen molar-refractivity contribution in [2.45, 2.75) is 20.0 Å². The molecule has 0 aliphatic heterocycles. The summed E-state index contributed by atoms with van der Waals surface area (Å²) in [6.45, 7) is 3.64. The first-order chi connectivity index (χ1) is 12.6. The minimum Gasteiger partial charge on any atom is -0.449 e. The largest absolute Gasteiger partial charge is 0.449 e. The molecule has 0 bridgehead atoms. The van der Waals surface area contributed by atoms with Crippen molar-refractivity contribution in [3.05, 3.63) is 72.1 Å². The van der Waals surface area contributed by atoms with Gasteiger partial charge in [0.2, 0.25) is 5.89 Å². The van der Waals surface area contributed by atoms with Gasteiger partial charge in [-0.15, -0.1) is 0 Å². The maximum atomic E-state index is 12.5. The minimum absolute atomic E-state index is 0.371. The number of aromatic nitrogens is 4. The fourth-order valence-corrected chi connectivity index (χ4v) is 2.72.